The molecule has 3 heterocycles. The second kappa shape index (κ2) is 7.45. The highest BCUT2D eigenvalue weighted by atomic mass is 35.5. The van der Waals surface area contributed by atoms with Crippen molar-refractivity contribution in [3.8, 4) is 0 Å². The van der Waals surface area contributed by atoms with E-state index in [1.807, 2.05) is 10.6 Å². The van der Waals surface area contributed by atoms with Gasteiger partial charge in [-0.25, -0.2) is 8.78 Å². The van der Waals surface area contributed by atoms with Crippen LogP contribution >= 0.6 is 11.6 Å². The number of nitrogens with one attached hydrogen (secondary N) is 1. The van der Waals surface area contributed by atoms with E-state index >= 15 is 0 Å². The largest absolute Gasteiger partial charge is 0.389 e. The number of pyridine rings is 1. The van der Waals surface area contributed by atoms with Gasteiger partial charge in [0.05, 0.1) is 34.0 Å². The molecular formula is C21H23ClF2N2O3. The van der Waals surface area contributed by atoms with Gasteiger partial charge in [0.15, 0.2) is 0 Å². The second-order valence-electron chi connectivity index (χ2n) is 8.21. The molecular weight excluding hydrogens is 402 g/mol. The smallest absolute Gasteiger partial charge is 0.250 e. The number of Topliss-reactive ketones (excluding diaryl/α,β-unsaturated/α-hetero) is 1. The quantitative estimate of drug-likeness (QED) is 0.542. The van der Waals surface area contributed by atoms with E-state index in [1.54, 1.807) is 18.2 Å². The number of alkyl halides is 2. The number of ether oxygens (including phenoxy) is 1. The summed E-state index contributed by atoms with van der Waals surface area (Å²) in [5.74, 6) is -3.46. The summed E-state index contributed by atoms with van der Waals surface area (Å²) in [6, 6.07) is 5.17. The maximum Gasteiger partial charge on any atom is 0.250 e. The molecule has 4 rings (SSSR count). The molecule has 8 heteroatoms. The fraction of sp³-hybridized carbons (Fsp3) is 0.524. The van der Waals surface area contributed by atoms with Crippen LogP contribution in [0, 0.1) is 5.41 Å². The van der Waals surface area contributed by atoms with Gasteiger partial charge in [-0.05, 0) is 37.5 Å². The van der Waals surface area contributed by atoms with Crippen molar-refractivity contribution in [1.29, 1.82) is 5.41 Å². The van der Waals surface area contributed by atoms with Gasteiger partial charge in [-0.15, -0.1) is 0 Å². The molecule has 2 aromatic heterocycles. The first-order valence-electron chi connectivity index (χ1n) is 9.79. The third-order valence-corrected chi connectivity index (χ3v) is 6.22. The molecule has 2 aliphatic rings. The zero-order valence-electron chi connectivity index (χ0n) is 15.9. The predicted molar refractivity (Wildman–Crippen MR) is 106 cm³/mol. The molecule has 1 aliphatic carbocycles. The molecule has 0 radical (unpaired) electrons. The summed E-state index contributed by atoms with van der Waals surface area (Å²) in [5, 5.41) is 19.2. The molecule has 1 saturated heterocycles. The molecule has 1 saturated carbocycles. The van der Waals surface area contributed by atoms with Gasteiger partial charge in [0.1, 0.15) is 0 Å². The molecule has 156 valence electrons. The van der Waals surface area contributed by atoms with Crippen LogP contribution in [0.25, 0.3) is 5.52 Å². The van der Waals surface area contributed by atoms with E-state index in [2.05, 4.69) is 0 Å². The Balaban J connectivity index is 1.65. The van der Waals surface area contributed by atoms with Gasteiger partial charge in [-0.1, -0.05) is 11.6 Å². The molecule has 1 aliphatic heterocycles. The van der Waals surface area contributed by atoms with Crippen molar-refractivity contribution in [2.75, 3.05) is 13.2 Å². The van der Waals surface area contributed by atoms with E-state index in [9.17, 15) is 18.7 Å². The van der Waals surface area contributed by atoms with E-state index in [0.29, 0.717) is 23.8 Å². The number of carbonyl (C=O) groups excluding carboxylic acids is 1. The highest BCUT2D eigenvalue weighted by Crippen LogP contribution is 2.41. The van der Waals surface area contributed by atoms with Crippen LogP contribution in [0.3, 0.4) is 0 Å². The van der Waals surface area contributed by atoms with Gasteiger partial charge in [-0.2, -0.15) is 0 Å². The lowest BCUT2D eigenvalue weighted by molar-refractivity contribution is -0.120. The Morgan fingerprint density at radius 1 is 1.41 bits per heavy atom. The maximum atomic E-state index is 13.8. The summed E-state index contributed by atoms with van der Waals surface area (Å²) >= 11 is 6.36. The minimum Gasteiger partial charge on any atom is -0.389 e. The summed E-state index contributed by atoms with van der Waals surface area (Å²) in [6.07, 6.45) is 1.55. The minimum atomic E-state index is -2.97. The number of carbonyl (C=O) groups is 1. The standard InChI is InChI=1S/C21H23ClF2N2O3/c22-15-3-1-7-26-17(13-4-8-29-11-13)9-14(18(15)26)19(27)16(25)10-20(28)5-2-6-21(23,24)12-20/h1,3,7,9,13,25,28H,2,4-6,8,10-12H2/t13?,20-/m0/s1. The molecule has 0 aromatic carbocycles. The van der Waals surface area contributed by atoms with E-state index < -0.39 is 30.1 Å². The van der Waals surface area contributed by atoms with Crippen molar-refractivity contribution in [1.82, 2.24) is 4.40 Å². The number of fused-ring (bicyclic) bond motifs is 1. The van der Waals surface area contributed by atoms with E-state index in [1.165, 1.54) is 0 Å². The average molecular weight is 425 g/mol. The number of hydrogen-bond acceptors (Lipinski definition) is 4. The fourth-order valence-corrected chi connectivity index (χ4v) is 4.82. The number of aliphatic hydroxyl groups is 1. The van der Waals surface area contributed by atoms with Gasteiger partial charge in [0.25, 0.3) is 5.92 Å². The van der Waals surface area contributed by atoms with Crippen LogP contribution in [-0.4, -0.2) is 45.7 Å². The van der Waals surface area contributed by atoms with Gasteiger partial charge < -0.3 is 19.7 Å². The highest BCUT2D eigenvalue weighted by Gasteiger charge is 2.45. The van der Waals surface area contributed by atoms with Gasteiger partial charge >= 0.3 is 0 Å². The van der Waals surface area contributed by atoms with E-state index in [4.69, 9.17) is 21.7 Å². The SMILES string of the molecule is N=C(C[C@@]1(O)CCCC(F)(F)C1)C(=O)c1cc(C2CCOC2)n2cccc(Cl)c12. The third kappa shape index (κ3) is 3.96. The summed E-state index contributed by atoms with van der Waals surface area (Å²) in [5.41, 5.74) is -0.498. The van der Waals surface area contributed by atoms with Crippen molar-refractivity contribution in [2.45, 2.75) is 56.0 Å². The van der Waals surface area contributed by atoms with E-state index in [0.717, 1.165) is 12.1 Å². The number of nitrogens with zero attached hydrogens (tertiary/aromatic N) is 1. The molecule has 29 heavy (non-hydrogen) atoms. The Hall–Kier alpha value is -1.83. The number of ketones is 1. The Morgan fingerprint density at radius 3 is 2.90 bits per heavy atom. The normalized spacial score (nSPS) is 26.7. The van der Waals surface area contributed by atoms with Crippen molar-refractivity contribution >= 4 is 28.6 Å². The molecule has 1 unspecified atom stereocenters. The third-order valence-electron chi connectivity index (χ3n) is 5.92. The molecule has 0 amide bonds. The molecule has 0 spiro atoms. The molecule has 2 fully saturated rings. The summed E-state index contributed by atoms with van der Waals surface area (Å²) in [6.45, 7) is 1.18. The van der Waals surface area contributed by atoms with Crippen LogP contribution in [-0.2, 0) is 4.74 Å². The zero-order chi connectivity index (χ0) is 20.8. The fourth-order valence-electron chi connectivity index (χ4n) is 4.55. The van der Waals surface area contributed by atoms with Crippen molar-refractivity contribution < 1.29 is 23.4 Å². The van der Waals surface area contributed by atoms with Crippen LogP contribution in [0.15, 0.2) is 24.4 Å². The van der Waals surface area contributed by atoms with Crippen LogP contribution in [0.4, 0.5) is 8.78 Å². The first-order valence-corrected chi connectivity index (χ1v) is 10.2. The Kier molecular flexibility index (Phi) is 5.25. The zero-order valence-corrected chi connectivity index (χ0v) is 16.6. The molecule has 2 aromatic rings. The Labute approximate surface area is 172 Å². The summed E-state index contributed by atoms with van der Waals surface area (Å²) < 4.78 is 34.8. The van der Waals surface area contributed by atoms with Gasteiger partial charge in [-0.3, -0.25) is 4.79 Å². The van der Waals surface area contributed by atoms with Gasteiger partial charge in [0, 0.05) is 43.7 Å². The minimum absolute atomic E-state index is 0.109. The first kappa shape index (κ1) is 20.4. The topological polar surface area (TPSA) is 74.8 Å². The predicted octanol–water partition coefficient (Wildman–Crippen LogP) is 4.63. The average Bonchev–Trinajstić information content (AvgIpc) is 3.27. The number of halogens is 3. The van der Waals surface area contributed by atoms with Crippen LogP contribution < -0.4 is 0 Å². The Morgan fingerprint density at radius 2 is 2.21 bits per heavy atom. The lowest BCUT2D eigenvalue weighted by Crippen LogP contribution is -2.43. The van der Waals surface area contributed by atoms with Crippen LogP contribution in [0.2, 0.25) is 5.02 Å². The first-order chi connectivity index (χ1) is 13.7. The molecule has 2 N–H and O–H groups in total. The lowest BCUT2D eigenvalue weighted by Gasteiger charge is -2.36. The van der Waals surface area contributed by atoms with Gasteiger partial charge in [0.2, 0.25) is 5.78 Å². The summed E-state index contributed by atoms with van der Waals surface area (Å²) in [7, 11) is 0. The second-order valence-corrected chi connectivity index (χ2v) is 8.62. The molecule has 2 atom stereocenters. The molecule has 5 nitrogen and oxygen atoms in total. The van der Waals surface area contributed by atoms with E-state index in [-0.39, 0.29) is 36.5 Å². The highest BCUT2D eigenvalue weighted by molar-refractivity contribution is 6.47. The van der Waals surface area contributed by atoms with Crippen LogP contribution in [0.5, 0.6) is 0 Å². The van der Waals surface area contributed by atoms with Crippen molar-refractivity contribution in [3.05, 3.63) is 40.7 Å². The summed E-state index contributed by atoms with van der Waals surface area (Å²) in [4.78, 5) is 13.1. The number of aromatic nitrogens is 1. The number of rotatable bonds is 5. The lowest BCUT2D eigenvalue weighted by atomic mass is 9.78. The van der Waals surface area contributed by atoms with Crippen molar-refractivity contribution in [3.63, 3.8) is 0 Å². The van der Waals surface area contributed by atoms with Crippen molar-refractivity contribution in [2.24, 2.45) is 0 Å². The number of hydrogen-bond donors (Lipinski definition) is 2. The van der Waals surface area contributed by atoms with Crippen LogP contribution in [0.1, 0.15) is 60.5 Å². The monoisotopic (exact) mass is 424 g/mol. The Bertz CT molecular complexity index is 968. The molecule has 0 bridgehead atoms. The maximum absolute atomic E-state index is 13.8.